The van der Waals surface area contributed by atoms with E-state index in [-0.39, 0.29) is 25.2 Å². The van der Waals surface area contributed by atoms with Crippen LogP contribution in [0.2, 0.25) is 0 Å². The zero-order valence-corrected chi connectivity index (χ0v) is 16.8. The predicted octanol–water partition coefficient (Wildman–Crippen LogP) is 3.36. The van der Waals surface area contributed by atoms with Crippen molar-refractivity contribution in [2.45, 2.75) is 42.8 Å². The third kappa shape index (κ3) is 7.42. The Bertz CT molecular complexity index is 679. The van der Waals surface area contributed by atoms with Crippen molar-refractivity contribution >= 4 is 11.8 Å². The van der Waals surface area contributed by atoms with Crippen molar-refractivity contribution in [1.29, 1.82) is 0 Å². The summed E-state index contributed by atoms with van der Waals surface area (Å²) in [5, 5.41) is 28.1. The number of ether oxygens (including phenoxy) is 2. The number of benzene rings is 2. The van der Waals surface area contributed by atoms with Crippen LogP contribution in [-0.2, 0) is 0 Å². The van der Waals surface area contributed by atoms with E-state index < -0.39 is 12.2 Å². The molecule has 0 aromatic heterocycles. The van der Waals surface area contributed by atoms with Gasteiger partial charge in [-0.3, -0.25) is 0 Å². The van der Waals surface area contributed by atoms with Gasteiger partial charge in [0.15, 0.2) is 0 Å². The molecule has 27 heavy (non-hydrogen) atoms. The quantitative estimate of drug-likeness (QED) is 0.607. The van der Waals surface area contributed by atoms with Crippen LogP contribution in [0.15, 0.2) is 58.3 Å². The number of hydrogen-bond donors (Lipinski definition) is 3. The van der Waals surface area contributed by atoms with Crippen molar-refractivity contribution in [3.05, 3.63) is 48.5 Å². The Morgan fingerprint density at radius 3 is 1.67 bits per heavy atom. The molecule has 0 saturated carbocycles. The fourth-order valence-corrected chi connectivity index (χ4v) is 2.83. The zero-order chi connectivity index (χ0) is 19.9. The van der Waals surface area contributed by atoms with E-state index in [0.29, 0.717) is 5.75 Å². The van der Waals surface area contributed by atoms with E-state index in [1.54, 1.807) is 11.8 Å². The Morgan fingerprint density at radius 1 is 0.815 bits per heavy atom. The summed E-state index contributed by atoms with van der Waals surface area (Å²) in [7, 11) is 0. The molecule has 0 amide bonds. The van der Waals surface area contributed by atoms with Crippen molar-refractivity contribution in [3.63, 3.8) is 0 Å². The van der Waals surface area contributed by atoms with Gasteiger partial charge in [0.05, 0.1) is 12.7 Å². The largest absolute Gasteiger partial charge is 0.491 e. The lowest BCUT2D eigenvalue weighted by Gasteiger charge is -2.25. The average molecular weight is 393 g/mol. The number of aliphatic hydroxyl groups is 3. The number of hydrogen-bond acceptors (Lipinski definition) is 6. The van der Waals surface area contributed by atoms with Gasteiger partial charge < -0.3 is 24.8 Å². The lowest BCUT2D eigenvalue weighted by atomic mass is 9.90. The monoisotopic (exact) mass is 392 g/mol. The third-order valence-corrected chi connectivity index (χ3v) is 4.96. The van der Waals surface area contributed by atoms with Crippen molar-refractivity contribution in [3.8, 4) is 11.5 Å². The molecule has 2 rings (SSSR count). The summed E-state index contributed by atoms with van der Waals surface area (Å²) < 4.78 is 11.1. The average Bonchev–Trinajstić information content (AvgIpc) is 2.65. The molecule has 0 fully saturated rings. The first kappa shape index (κ1) is 21.6. The molecule has 2 atom stereocenters. The fourth-order valence-electron chi connectivity index (χ4n) is 2.01. The topological polar surface area (TPSA) is 79.2 Å². The lowest BCUT2D eigenvalue weighted by Crippen LogP contribution is -2.31. The van der Waals surface area contributed by atoms with Crippen LogP contribution in [0.5, 0.6) is 11.5 Å². The maximum atomic E-state index is 10.0. The van der Waals surface area contributed by atoms with Crippen LogP contribution in [0.25, 0.3) is 0 Å². The number of rotatable bonds is 9. The van der Waals surface area contributed by atoms with Crippen LogP contribution in [0.4, 0.5) is 0 Å². The molecular weight excluding hydrogens is 364 g/mol. The summed E-state index contributed by atoms with van der Waals surface area (Å²) in [5.74, 6) is 1.38. The summed E-state index contributed by atoms with van der Waals surface area (Å²) in [6, 6.07) is 15.3. The van der Waals surface area contributed by atoms with Crippen LogP contribution in [0.1, 0.15) is 20.8 Å². The minimum absolute atomic E-state index is 0.0639. The van der Waals surface area contributed by atoms with Gasteiger partial charge in [-0.25, -0.2) is 0 Å². The fraction of sp³-hybridized carbons (Fsp3) is 0.429. The molecule has 0 radical (unpaired) electrons. The lowest BCUT2D eigenvalue weighted by molar-refractivity contribution is 0.0218. The molecule has 0 spiro atoms. The van der Waals surface area contributed by atoms with Gasteiger partial charge in [0.1, 0.15) is 30.8 Å². The Balaban J connectivity index is 1.85. The van der Waals surface area contributed by atoms with Crippen LogP contribution in [0.3, 0.4) is 0 Å². The van der Waals surface area contributed by atoms with E-state index in [4.69, 9.17) is 14.6 Å². The molecule has 2 aromatic rings. The van der Waals surface area contributed by atoms with Crippen molar-refractivity contribution in [2.75, 3.05) is 19.8 Å². The van der Waals surface area contributed by atoms with Gasteiger partial charge in [-0.2, -0.15) is 0 Å². The summed E-state index contributed by atoms with van der Waals surface area (Å²) in [5.41, 5.74) is -0.206. The van der Waals surface area contributed by atoms with E-state index in [2.05, 4.69) is 0 Å². The molecule has 0 heterocycles. The van der Waals surface area contributed by atoms with Gasteiger partial charge in [-0.05, 0) is 53.9 Å². The van der Waals surface area contributed by atoms with Crippen molar-refractivity contribution < 1.29 is 24.8 Å². The zero-order valence-electron chi connectivity index (χ0n) is 16.0. The molecule has 0 bridgehead atoms. The molecule has 6 heteroatoms. The first-order valence-electron chi connectivity index (χ1n) is 8.88. The van der Waals surface area contributed by atoms with Gasteiger partial charge in [-0.1, -0.05) is 32.5 Å². The molecule has 5 nitrogen and oxygen atoms in total. The highest BCUT2D eigenvalue weighted by Gasteiger charge is 2.22. The second-order valence-electron chi connectivity index (χ2n) is 7.39. The normalized spacial score (nSPS) is 13.9. The van der Waals surface area contributed by atoms with Gasteiger partial charge in [0.25, 0.3) is 0 Å². The van der Waals surface area contributed by atoms with E-state index in [1.165, 1.54) is 0 Å². The molecule has 0 aliphatic rings. The minimum atomic E-state index is -0.871. The van der Waals surface area contributed by atoms with Crippen molar-refractivity contribution in [2.24, 2.45) is 5.41 Å². The Labute approximate surface area is 165 Å². The Hall–Kier alpha value is -1.73. The highest BCUT2D eigenvalue weighted by Crippen LogP contribution is 2.30. The first-order chi connectivity index (χ1) is 12.8. The van der Waals surface area contributed by atoms with E-state index >= 15 is 0 Å². The summed E-state index contributed by atoms with van der Waals surface area (Å²) in [6.07, 6.45) is -1.39. The maximum Gasteiger partial charge on any atom is 0.119 e. The highest BCUT2D eigenvalue weighted by atomic mass is 32.2. The van der Waals surface area contributed by atoms with Crippen LogP contribution >= 0.6 is 11.8 Å². The van der Waals surface area contributed by atoms with Gasteiger partial charge in [0, 0.05) is 9.79 Å². The Kier molecular flexibility index (Phi) is 7.98. The molecule has 3 N–H and O–H groups in total. The highest BCUT2D eigenvalue weighted by molar-refractivity contribution is 7.99. The summed E-state index contributed by atoms with van der Waals surface area (Å²) in [4.78, 5) is 2.13. The standard InChI is InChI=1S/C21H28O5S/c1-21(2,3)20(24)14-26-17-6-10-19(11-7-17)27-18-8-4-16(5-9-18)25-13-15(23)12-22/h4-11,15,20,22-24H,12-14H2,1-3H3. The SMILES string of the molecule is CC(C)(C)C(O)COc1ccc(Sc2ccc(OCC(O)CO)cc2)cc1. The molecule has 0 aliphatic heterocycles. The second kappa shape index (κ2) is 9.99. The third-order valence-electron chi connectivity index (χ3n) is 3.94. The van der Waals surface area contributed by atoms with E-state index in [0.717, 1.165) is 15.5 Å². The molecule has 0 aliphatic carbocycles. The van der Waals surface area contributed by atoms with Crippen LogP contribution in [0, 0.1) is 5.41 Å². The maximum absolute atomic E-state index is 10.0. The molecule has 0 saturated heterocycles. The number of aliphatic hydroxyl groups excluding tert-OH is 3. The van der Waals surface area contributed by atoms with E-state index in [9.17, 15) is 10.2 Å². The van der Waals surface area contributed by atoms with Crippen molar-refractivity contribution in [1.82, 2.24) is 0 Å². The molecule has 2 aromatic carbocycles. The Morgan fingerprint density at radius 2 is 1.26 bits per heavy atom. The summed E-state index contributed by atoms with van der Waals surface area (Å²) >= 11 is 1.61. The molecule has 148 valence electrons. The molecular formula is C21H28O5S. The predicted molar refractivity (Wildman–Crippen MR) is 107 cm³/mol. The van der Waals surface area contributed by atoms with Gasteiger partial charge in [0.2, 0.25) is 0 Å². The van der Waals surface area contributed by atoms with Crippen LogP contribution < -0.4 is 9.47 Å². The molecule has 2 unspecified atom stereocenters. The smallest absolute Gasteiger partial charge is 0.119 e. The minimum Gasteiger partial charge on any atom is -0.491 e. The van der Waals surface area contributed by atoms with Crippen LogP contribution in [-0.4, -0.2) is 47.3 Å². The summed E-state index contributed by atoms with van der Waals surface area (Å²) in [6.45, 7) is 5.95. The first-order valence-corrected chi connectivity index (χ1v) is 9.70. The van der Waals surface area contributed by atoms with E-state index in [1.807, 2.05) is 69.3 Å². The second-order valence-corrected chi connectivity index (χ2v) is 8.53. The van der Waals surface area contributed by atoms with Gasteiger partial charge in [-0.15, -0.1) is 0 Å². The van der Waals surface area contributed by atoms with Gasteiger partial charge >= 0.3 is 0 Å².